The molecular formula is C24H24N4O3S2. The van der Waals surface area contributed by atoms with Gasteiger partial charge in [0.05, 0.1) is 23.4 Å². The lowest BCUT2D eigenvalue weighted by Gasteiger charge is -2.14. The van der Waals surface area contributed by atoms with Gasteiger partial charge in [0.25, 0.3) is 5.56 Å². The van der Waals surface area contributed by atoms with E-state index in [1.54, 1.807) is 15.9 Å². The number of ketones is 1. The van der Waals surface area contributed by atoms with Gasteiger partial charge in [0.2, 0.25) is 0 Å². The molecule has 2 aromatic heterocycles. The van der Waals surface area contributed by atoms with Crippen molar-refractivity contribution in [2.75, 3.05) is 12.4 Å². The second-order valence-electron chi connectivity index (χ2n) is 7.73. The van der Waals surface area contributed by atoms with E-state index in [9.17, 15) is 14.9 Å². The van der Waals surface area contributed by atoms with Crippen LogP contribution in [0.25, 0.3) is 15.9 Å². The summed E-state index contributed by atoms with van der Waals surface area (Å²) in [6, 6.07) is 9.12. The largest absolute Gasteiger partial charge is 0.494 e. The number of benzene rings is 1. The van der Waals surface area contributed by atoms with E-state index in [0.717, 1.165) is 43.0 Å². The number of carbonyl (C=O) groups is 1. The molecule has 0 unspecified atom stereocenters. The Labute approximate surface area is 199 Å². The zero-order valence-electron chi connectivity index (χ0n) is 18.5. The lowest BCUT2D eigenvalue weighted by molar-refractivity contribution is -0.112. The maximum atomic E-state index is 13.8. The normalized spacial score (nSPS) is 13.8. The van der Waals surface area contributed by atoms with Gasteiger partial charge < -0.3 is 10.5 Å². The maximum Gasteiger partial charge on any atom is 0.267 e. The molecule has 2 N–H and O–H groups in total. The van der Waals surface area contributed by atoms with Crippen LogP contribution in [0.5, 0.6) is 5.75 Å². The zero-order chi connectivity index (χ0) is 23.5. The molecule has 33 heavy (non-hydrogen) atoms. The van der Waals surface area contributed by atoms with Crippen molar-refractivity contribution in [3.63, 3.8) is 0 Å². The van der Waals surface area contributed by atoms with Crippen LogP contribution in [-0.2, 0) is 17.6 Å². The number of nitrogens with zero attached hydrogens (tertiary/aromatic N) is 3. The molecule has 4 rings (SSSR count). The minimum atomic E-state index is -0.388. The van der Waals surface area contributed by atoms with Crippen molar-refractivity contribution in [2.24, 2.45) is 5.73 Å². The molecule has 0 amide bonds. The summed E-state index contributed by atoms with van der Waals surface area (Å²) in [5.41, 5.74) is 7.42. The Hall–Kier alpha value is -3.09. The van der Waals surface area contributed by atoms with Crippen LogP contribution in [0.2, 0.25) is 0 Å². The van der Waals surface area contributed by atoms with Gasteiger partial charge in [-0.25, -0.2) is 4.98 Å². The number of fused-ring (bicyclic) bond motifs is 3. The van der Waals surface area contributed by atoms with Gasteiger partial charge in [0.15, 0.2) is 10.9 Å². The van der Waals surface area contributed by atoms with Gasteiger partial charge in [0.1, 0.15) is 22.2 Å². The number of nitrogens with two attached hydrogens (primary N) is 1. The van der Waals surface area contributed by atoms with E-state index in [4.69, 9.17) is 15.5 Å². The third-order valence-corrected chi connectivity index (χ3v) is 7.61. The van der Waals surface area contributed by atoms with Gasteiger partial charge in [-0.1, -0.05) is 11.8 Å². The SMILES string of the molecule is CCOc1ccc(-n2c(SCC(=O)/C(C#N)=C(\C)N)nc3sc4c(c3c2=O)CCCC4)cc1. The Morgan fingerprint density at radius 2 is 2.03 bits per heavy atom. The van der Waals surface area contributed by atoms with Crippen molar-refractivity contribution in [2.45, 2.75) is 44.7 Å². The van der Waals surface area contributed by atoms with Gasteiger partial charge in [-0.3, -0.25) is 14.2 Å². The summed E-state index contributed by atoms with van der Waals surface area (Å²) in [5.74, 6) is 0.278. The van der Waals surface area contributed by atoms with Crippen LogP contribution in [-0.4, -0.2) is 27.7 Å². The van der Waals surface area contributed by atoms with Crippen LogP contribution >= 0.6 is 23.1 Å². The van der Waals surface area contributed by atoms with E-state index >= 15 is 0 Å². The molecule has 2 heterocycles. The molecule has 0 spiro atoms. The molecule has 0 saturated heterocycles. The summed E-state index contributed by atoms with van der Waals surface area (Å²) in [6.07, 6.45) is 4.03. The second-order valence-corrected chi connectivity index (χ2v) is 9.76. The number of allylic oxidation sites excluding steroid dienone is 2. The molecule has 170 valence electrons. The van der Waals surface area contributed by atoms with E-state index in [0.29, 0.717) is 33.4 Å². The Morgan fingerprint density at radius 1 is 1.30 bits per heavy atom. The van der Waals surface area contributed by atoms with Crippen molar-refractivity contribution in [1.82, 2.24) is 9.55 Å². The Balaban J connectivity index is 1.83. The number of ether oxygens (including phenoxy) is 1. The molecule has 0 aliphatic heterocycles. The van der Waals surface area contributed by atoms with Crippen molar-refractivity contribution in [3.8, 4) is 17.5 Å². The van der Waals surface area contributed by atoms with Crippen LogP contribution in [0.4, 0.5) is 0 Å². The molecular weight excluding hydrogens is 456 g/mol. The summed E-state index contributed by atoms with van der Waals surface area (Å²) in [4.78, 5) is 33.0. The van der Waals surface area contributed by atoms with Crippen molar-refractivity contribution in [3.05, 3.63) is 56.3 Å². The van der Waals surface area contributed by atoms with Gasteiger partial charge in [-0.05, 0) is 69.4 Å². The lowest BCUT2D eigenvalue weighted by Crippen LogP contribution is -2.23. The lowest BCUT2D eigenvalue weighted by atomic mass is 9.97. The standard InChI is InChI=1S/C24H24N4O3S2/c1-3-31-16-10-8-15(9-11-16)28-23(30)21-17-6-4-5-7-20(17)33-22(21)27-24(28)32-13-19(29)18(12-25)14(2)26/h8-11H,3-7,13,26H2,1-2H3/b18-14+. The van der Waals surface area contributed by atoms with Gasteiger partial charge in [-0.15, -0.1) is 11.3 Å². The number of aromatic nitrogens is 2. The van der Waals surface area contributed by atoms with E-state index in [1.807, 2.05) is 37.3 Å². The highest BCUT2D eigenvalue weighted by atomic mass is 32.2. The highest BCUT2D eigenvalue weighted by Crippen LogP contribution is 2.35. The highest BCUT2D eigenvalue weighted by molar-refractivity contribution is 7.99. The van der Waals surface area contributed by atoms with Crippen molar-refractivity contribution >= 4 is 39.1 Å². The van der Waals surface area contributed by atoms with Gasteiger partial charge in [-0.2, -0.15) is 5.26 Å². The van der Waals surface area contributed by atoms with Crippen LogP contribution in [0.15, 0.2) is 45.5 Å². The molecule has 0 bridgehead atoms. The first-order chi connectivity index (χ1) is 15.9. The summed E-state index contributed by atoms with van der Waals surface area (Å²) in [6.45, 7) is 3.98. The minimum absolute atomic E-state index is 0.0441. The molecule has 3 aromatic rings. The van der Waals surface area contributed by atoms with E-state index in [2.05, 4.69) is 0 Å². The average molecular weight is 481 g/mol. The Bertz CT molecular complexity index is 1340. The third-order valence-electron chi connectivity index (χ3n) is 5.48. The molecule has 0 fully saturated rings. The number of hydrogen-bond donors (Lipinski definition) is 1. The van der Waals surface area contributed by atoms with E-state index in [1.165, 1.54) is 11.8 Å². The first-order valence-electron chi connectivity index (χ1n) is 10.8. The minimum Gasteiger partial charge on any atom is -0.494 e. The molecule has 1 aliphatic rings. The predicted molar refractivity (Wildman–Crippen MR) is 131 cm³/mol. The predicted octanol–water partition coefficient (Wildman–Crippen LogP) is 4.14. The van der Waals surface area contributed by atoms with Crippen LogP contribution in [0.1, 0.15) is 37.1 Å². The van der Waals surface area contributed by atoms with Crippen LogP contribution in [0.3, 0.4) is 0 Å². The summed E-state index contributed by atoms with van der Waals surface area (Å²) < 4.78 is 7.09. The summed E-state index contributed by atoms with van der Waals surface area (Å²) in [5, 5.41) is 10.3. The highest BCUT2D eigenvalue weighted by Gasteiger charge is 2.23. The third kappa shape index (κ3) is 4.54. The maximum absolute atomic E-state index is 13.8. The van der Waals surface area contributed by atoms with E-state index in [-0.39, 0.29) is 28.4 Å². The Morgan fingerprint density at radius 3 is 2.70 bits per heavy atom. The second kappa shape index (κ2) is 9.81. The molecule has 0 saturated carbocycles. The number of hydrogen-bond acceptors (Lipinski definition) is 8. The number of aryl methyl sites for hydroxylation is 2. The summed E-state index contributed by atoms with van der Waals surface area (Å²) >= 11 is 2.70. The zero-order valence-corrected chi connectivity index (χ0v) is 20.1. The molecule has 0 atom stereocenters. The summed E-state index contributed by atoms with van der Waals surface area (Å²) in [7, 11) is 0. The number of thiophene rings is 1. The molecule has 0 radical (unpaired) electrons. The van der Waals surface area contributed by atoms with Crippen LogP contribution in [0, 0.1) is 11.3 Å². The first-order valence-corrected chi connectivity index (χ1v) is 12.6. The van der Waals surface area contributed by atoms with E-state index < -0.39 is 0 Å². The Kier molecular flexibility index (Phi) is 6.86. The number of rotatable bonds is 7. The average Bonchev–Trinajstić information content (AvgIpc) is 3.17. The molecule has 7 nitrogen and oxygen atoms in total. The number of Topliss-reactive ketones (excluding diaryl/α,β-unsaturated/α-hetero) is 1. The van der Waals surface area contributed by atoms with Gasteiger partial charge >= 0.3 is 0 Å². The fourth-order valence-corrected chi connectivity index (χ4v) is 6.13. The van der Waals surface area contributed by atoms with Gasteiger partial charge in [0, 0.05) is 10.6 Å². The number of nitriles is 1. The fraction of sp³-hybridized carbons (Fsp3) is 0.333. The van der Waals surface area contributed by atoms with Crippen molar-refractivity contribution < 1.29 is 9.53 Å². The number of thioether (sulfide) groups is 1. The first kappa shape index (κ1) is 23.1. The topological polar surface area (TPSA) is 111 Å². The fourth-order valence-electron chi connectivity index (χ4n) is 3.94. The molecule has 9 heteroatoms. The number of carbonyl (C=O) groups excluding carboxylic acids is 1. The molecule has 1 aromatic carbocycles. The monoisotopic (exact) mass is 480 g/mol. The molecule has 1 aliphatic carbocycles. The van der Waals surface area contributed by atoms with Crippen LogP contribution < -0.4 is 16.0 Å². The quantitative estimate of drug-likeness (QED) is 0.234. The smallest absolute Gasteiger partial charge is 0.267 e. The van der Waals surface area contributed by atoms with Crippen molar-refractivity contribution in [1.29, 1.82) is 5.26 Å².